The van der Waals surface area contributed by atoms with Gasteiger partial charge in [0, 0.05) is 22.7 Å². The van der Waals surface area contributed by atoms with Gasteiger partial charge in [0.05, 0.1) is 16.4 Å². The van der Waals surface area contributed by atoms with Crippen LogP contribution in [0.25, 0.3) is 0 Å². The first-order valence-corrected chi connectivity index (χ1v) is 12.7. The van der Waals surface area contributed by atoms with E-state index < -0.39 is 21.8 Å². The van der Waals surface area contributed by atoms with Crippen LogP contribution in [0.5, 0.6) is 0 Å². The lowest BCUT2D eigenvalue weighted by Crippen LogP contribution is -2.47. The summed E-state index contributed by atoms with van der Waals surface area (Å²) in [5.74, 6) is -2.30. The standard InChI is InChI=1S/C20H24ClF2IN4O2S/c1-3-27(2)14-8-10-28(11-9-14)31(29,30)26-18-7-5-16(22)19(23)20(18)25-17-6-4-13(24)12-15(17)21/h4-7,12,14,25-26H,3,8-11H2,1-2H3. The monoisotopic (exact) mass is 584 g/mol. The summed E-state index contributed by atoms with van der Waals surface area (Å²) in [4.78, 5) is 2.19. The Labute approximate surface area is 200 Å². The molecule has 31 heavy (non-hydrogen) atoms. The zero-order chi connectivity index (χ0) is 22.8. The third-order valence-electron chi connectivity index (χ3n) is 5.41. The van der Waals surface area contributed by atoms with Crippen molar-refractivity contribution in [2.24, 2.45) is 0 Å². The highest BCUT2D eigenvalue weighted by molar-refractivity contribution is 14.1. The van der Waals surface area contributed by atoms with E-state index in [1.807, 2.05) is 7.05 Å². The molecule has 0 spiro atoms. The molecule has 0 bridgehead atoms. The largest absolute Gasteiger partial charge is 0.350 e. The Bertz CT molecular complexity index is 1050. The molecule has 0 radical (unpaired) electrons. The zero-order valence-electron chi connectivity index (χ0n) is 17.1. The second kappa shape index (κ2) is 10.2. The van der Waals surface area contributed by atoms with Gasteiger partial charge < -0.3 is 10.2 Å². The highest BCUT2D eigenvalue weighted by atomic mass is 127. The summed E-state index contributed by atoms with van der Waals surface area (Å²) in [6.45, 7) is 3.64. The van der Waals surface area contributed by atoms with Gasteiger partial charge >= 0.3 is 10.2 Å². The maximum absolute atomic E-state index is 14.6. The van der Waals surface area contributed by atoms with Gasteiger partial charge in [-0.3, -0.25) is 4.72 Å². The molecule has 6 nitrogen and oxygen atoms in total. The highest BCUT2D eigenvalue weighted by Crippen LogP contribution is 2.34. The minimum atomic E-state index is -3.95. The molecule has 2 aromatic carbocycles. The number of nitrogens with zero attached hydrogens (tertiary/aromatic N) is 2. The summed E-state index contributed by atoms with van der Waals surface area (Å²) in [5, 5.41) is 3.03. The second-order valence-electron chi connectivity index (χ2n) is 7.34. The van der Waals surface area contributed by atoms with Crippen LogP contribution in [0.2, 0.25) is 5.02 Å². The van der Waals surface area contributed by atoms with Crippen molar-refractivity contribution in [2.45, 2.75) is 25.8 Å². The molecule has 0 amide bonds. The van der Waals surface area contributed by atoms with Crippen molar-refractivity contribution in [2.75, 3.05) is 36.7 Å². The molecule has 0 unspecified atom stereocenters. The van der Waals surface area contributed by atoms with Crippen molar-refractivity contribution >= 4 is 61.5 Å². The van der Waals surface area contributed by atoms with Gasteiger partial charge in [-0.1, -0.05) is 18.5 Å². The van der Waals surface area contributed by atoms with Crippen LogP contribution in [0, 0.1) is 15.2 Å². The number of rotatable bonds is 7. The van der Waals surface area contributed by atoms with Gasteiger partial charge in [-0.15, -0.1) is 0 Å². The number of nitrogens with one attached hydrogen (secondary N) is 2. The molecule has 0 aromatic heterocycles. The van der Waals surface area contributed by atoms with Gasteiger partial charge in [-0.2, -0.15) is 12.7 Å². The Morgan fingerprint density at radius 2 is 1.84 bits per heavy atom. The lowest BCUT2D eigenvalue weighted by atomic mass is 10.1. The molecular weight excluding hydrogens is 561 g/mol. The Morgan fingerprint density at radius 1 is 1.19 bits per heavy atom. The molecule has 1 aliphatic rings. The quantitative estimate of drug-likeness (QED) is 0.448. The first-order chi connectivity index (χ1) is 14.6. The summed E-state index contributed by atoms with van der Waals surface area (Å²) in [5.41, 5.74) is -0.0935. The van der Waals surface area contributed by atoms with E-state index >= 15 is 0 Å². The van der Waals surface area contributed by atoms with E-state index in [-0.39, 0.29) is 11.4 Å². The number of halogens is 4. The predicted octanol–water partition coefficient (Wildman–Crippen LogP) is 5.04. The lowest BCUT2D eigenvalue weighted by molar-refractivity contribution is 0.175. The van der Waals surface area contributed by atoms with Gasteiger partial charge in [-0.05, 0) is 79.4 Å². The number of piperidine rings is 1. The number of benzene rings is 2. The van der Waals surface area contributed by atoms with Crippen LogP contribution in [-0.2, 0) is 10.2 Å². The average molecular weight is 585 g/mol. The molecule has 0 saturated carbocycles. The van der Waals surface area contributed by atoms with Crippen molar-refractivity contribution in [1.29, 1.82) is 0 Å². The fourth-order valence-corrected chi connectivity index (χ4v) is 5.64. The smallest absolute Gasteiger partial charge is 0.301 e. The van der Waals surface area contributed by atoms with Crippen molar-refractivity contribution < 1.29 is 17.2 Å². The van der Waals surface area contributed by atoms with Gasteiger partial charge in [0.25, 0.3) is 0 Å². The van der Waals surface area contributed by atoms with Gasteiger partial charge in [0.2, 0.25) is 0 Å². The molecule has 1 aliphatic heterocycles. The van der Waals surface area contributed by atoms with Gasteiger partial charge in [0.1, 0.15) is 5.69 Å². The van der Waals surface area contributed by atoms with Crippen LogP contribution in [0.1, 0.15) is 19.8 Å². The van der Waals surface area contributed by atoms with Crippen LogP contribution in [0.4, 0.5) is 25.8 Å². The van der Waals surface area contributed by atoms with Crippen LogP contribution < -0.4 is 10.0 Å². The number of hydrogen-bond donors (Lipinski definition) is 2. The van der Waals surface area contributed by atoms with Crippen LogP contribution >= 0.6 is 34.2 Å². The van der Waals surface area contributed by atoms with Crippen LogP contribution in [0.15, 0.2) is 30.3 Å². The van der Waals surface area contributed by atoms with Crippen molar-refractivity contribution in [3.63, 3.8) is 0 Å². The van der Waals surface area contributed by atoms with Crippen LogP contribution in [0.3, 0.4) is 0 Å². The first kappa shape index (κ1) is 24.4. The third-order valence-corrected chi connectivity index (χ3v) is 7.92. The molecule has 2 N–H and O–H groups in total. The Hall–Kier alpha value is -1.21. The topological polar surface area (TPSA) is 64.7 Å². The Kier molecular flexibility index (Phi) is 8.00. The van der Waals surface area contributed by atoms with Gasteiger partial charge in [-0.25, -0.2) is 8.78 Å². The van der Waals surface area contributed by atoms with E-state index in [0.717, 1.165) is 16.2 Å². The maximum atomic E-state index is 14.6. The first-order valence-electron chi connectivity index (χ1n) is 9.80. The number of hydrogen-bond acceptors (Lipinski definition) is 4. The fourth-order valence-electron chi connectivity index (χ4n) is 3.47. The van der Waals surface area contributed by atoms with Crippen molar-refractivity contribution in [1.82, 2.24) is 9.21 Å². The molecule has 2 aromatic rings. The zero-order valence-corrected chi connectivity index (χ0v) is 20.9. The molecule has 3 rings (SSSR count). The molecule has 1 heterocycles. The van der Waals surface area contributed by atoms with E-state index in [1.54, 1.807) is 18.2 Å². The van der Waals surface area contributed by atoms with Crippen LogP contribution in [-0.4, -0.2) is 50.3 Å². The summed E-state index contributed by atoms with van der Waals surface area (Å²) in [6.07, 6.45) is 1.40. The van der Waals surface area contributed by atoms with Crippen molar-refractivity contribution in [3.05, 3.63) is 50.6 Å². The summed E-state index contributed by atoms with van der Waals surface area (Å²) in [6, 6.07) is 7.41. The molecular formula is C20H24ClF2IN4O2S. The van der Waals surface area contributed by atoms with E-state index in [4.69, 9.17) is 11.6 Å². The second-order valence-corrected chi connectivity index (χ2v) is 10.7. The Balaban J connectivity index is 1.83. The summed E-state index contributed by atoms with van der Waals surface area (Å²) < 4.78 is 59.0. The summed E-state index contributed by atoms with van der Waals surface area (Å²) in [7, 11) is -1.94. The maximum Gasteiger partial charge on any atom is 0.301 e. The third kappa shape index (κ3) is 5.78. The molecule has 0 aliphatic carbocycles. The molecule has 1 fully saturated rings. The Morgan fingerprint density at radius 3 is 2.45 bits per heavy atom. The van der Waals surface area contributed by atoms with E-state index in [1.165, 1.54) is 10.4 Å². The molecule has 170 valence electrons. The molecule has 11 heteroatoms. The minimum absolute atomic E-state index is 0.0960. The summed E-state index contributed by atoms with van der Waals surface area (Å²) >= 11 is 8.27. The molecule has 1 saturated heterocycles. The van der Waals surface area contributed by atoms with E-state index in [0.29, 0.717) is 42.7 Å². The van der Waals surface area contributed by atoms with Gasteiger partial charge in [0.15, 0.2) is 11.6 Å². The van der Waals surface area contributed by atoms with Crippen molar-refractivity contribution in [3.8, 4) is 0 Å². The predicted molar refractivity (Wildman–Crippen MR) is 129 cm³/mol. The number of anilines is 3. The lowest BCUT2D eigenvalue weighted by Gasteiger charge is -2.35. The SMILES string of the molecule is CCN(C)C1CCN(S(=O)(=O)Nc2ccc(F)c(F)c2Nc2ccc(I)cc2Cl)CC1. The minimum Gasteiger partial charge on any atom is -0.350 e. The van der Waals surface area contributed by atoms with E-state index in [9.17, 15) is 17.2 Å². The normalized spacial score (nSPS) is 16.0. The highest BCUT2D eigenvalue weighted by Gasteiger charge is 2.30. The fraction of sp³-hybridized carbons (Fsp3) is 0.400. The molecule has 0 atom stereocenters. The van der Waals surface area contributed by atoms with E-state index in [2.05, 4.69) is 44.5 Å². The average Bonchev–Trinajstić information content (AvgIpc) is 2.74.